The Morgan fingerprint density at radius 2 is 2.40 bits per heavy atom. The van der Waals surface area contributed by atoms with Crippen LogP contribution in [0.4, 0.5) is 5.82 Å². The first-order valence-electron chi connectivity index (χ1n) is 6.80. The third-order valence-corrected chi connectivity index (χ3v) is 3.38. The number of hydrogen-bond acceptors (Lipinski definition) is 6. The second-order valence-corrected chi connectivity index (χ2v) is 4.96. The standard InChI is InChI=1S/C13H21N3O4/c1-3-4-19-9-5-11(20-10(9)7-17)16-6-8(2)12(14)15-13(16)18/h6,9-11,17H,3-5,7H2,1-2H3,(H2,14,15,18)/t9?,10-,11-/m1/s1. The summed E-state index contributed by atoms with van der Waals surface area (Å²) in [5.74, 6) is 0.224. The van der Waals surface area contributed by atoms with Crippen LogP contribution in [-0.4, -0.2) is 40.1 Å². The first-order valence-corrected chi connectivity index (χ1v) is 6.80. The molecule has 1 fully saturated rings. The molecule has 1 aromatic rings. The molecule has 0 bridgehead atoms. The van der Waals surface area contributed by atoms with Crippen LogP contribution in [0.3, 0.4) is 0 Å². The van der Waals surface area contributed by atoms with Gasteiger partial charge in [-0.3, -0.25) is 4.57 Å². The van der Waals surface area contributed by atoms with Gasteiger partial charge in [0.1, 0.15) is 18.1 Å². The third-order valence-electron chi connectivity index (χ3n) is 3.38. The van der Waals surface area contributed by atoms with Crippen molar-refractivity contribution >= 4 is 5.82 Å². The smallest absolute Gasteiger partial charge is 0.351 e. The number of aromatic nitrogens is 2. The minimum atomic E-state index is -0.478. The summed E-state index contributed by atoms with van der Waals surface area (Å²) < 4.78 is 12.8. The predicted octanol–water partition coefficient (Wildman–Crippen LogP) is 0.209. The van der Waals surface area contributed by atoms with Gasteiger partial charge in [0.05, 0.1) is 12.7 Å². The summed E-state index contributed by atoms with van der Waals surface area (Å²) in [5.41, 5.74) is 5.87. The molecule has 0 amide bonds. The van der Waals surface area contributed by atoms with E-state index < -0.39 is 18.0 Å². The third kappa shape index (κ3) is 3.00. The van der Waals surface area contributed by atoms with Gasteiger partial charge in [-0.1, -0.05) is 6.92 Å². The molecular formula is C13H21N3O4. The van der Waals surface area contributed by atoms with Gasteiger partial charge >= 0.3 is 5.69 Å². The highest BCUT2D eigenvalue weighted by molar-refractivity contribution is 5.35. The molecule has 0 radical (unpaired) electrons. The molecular weight excluding hydrogens is 262 g/mol. The molecule has 1 aromatic heterocycles. The van der Waals surface area contributed by atoms with E-state index in [1.165, 1.54) is 4.57 Å². The fourth-order valence-corrected chi connectivity index (χ4v) is 2.27. The molecule has 2 heterocycles. The minimum Gasteiger partial charge on any atom is -0.394 e. The van der Waals surface area contributed by atoms with Gasteiger partial charge in [-0.15, -0.1) is 0 Å². The number of nitrogen functional groups attached to an aromatic ring is 1. The first kappa shape index (κ1) is 15.0. The quantitative estimate of drug-likeness (QED) is 0.801. The summed E-state index contributed by atoms with van der Waals surface area (Å²) in [6.45, 7) is 4.26. The number of aliphatic hydroxyl groups excluding tert-OH is 1. The molecule has 1 aliphatic rings. The number of ether oxygens (including phenoxy) is 2. The second-order valence-electron chi connectivity index (χ2n) is 4.96. The van der Waals surface area contributed by atoms with Crippen molar-refractivity contribution in [2.24, 2.45) is 0 Å². The molecule has 1 unspecified atom stereocenters. The van der Waals surface area contributed by atoms with E-state index in [0.29, 0.717) is 18.6 Å². The fourth-order valence-electron chi connectivity index (χ4n) is 2.27. The van der Waals surface area contributed by atoms with E-state index in [-0.39, 0.29) is 18.5 Å². The molecule has 0 saturated carbocycles. The van der Waals surface area contributed by atoms with Crippen LogP contribution in [0, 0.1) is 6.92 Å². The van der Waals surface area contributed by atoms with Crippen LogP contribution in [-0.2, 0) is 9.47 Å². The van der Waals surface area contributed by atoms with E-state index in [1.54, 1.807) is 13.1 Å². The molecule has 0 aliphatic carbocycles. The molecule has 3 atom stereocenters. The van der Waals surface area contributed by atoms with Gasteiger partial charge in [0.25, 0.3) is 0 Å². The van der Waals surface area contributed by atoms with Crippen molar-refractivity contribution in [3.63, 3.8) is 0 Å². The molecule has 0 aromatic carbocycles. The normalized spacial score (nSPS) is 26.1. The zero-order valence-electron chi connectivity index (χ0n) is 11.8. The molecule has 0 spiro atoms. The zero-order chi connectivity index (χ0) is 14.7. The lowest BCUT2D eigenvalue weighted by Crippen LogP contribution is -2.29. The van der Waals surface area contributed by atoms with E-state index in [1.807, 2.05) is 6.92 Å². The summed E-state index contributed by atoms with van der Waals surface area (Å²) in [4.78, 5) is 15.6. The Morgan fingerprint density at radius 3 is 3.05 bits per heavy atom. The molecule has 1 aliphatic heterocycles. The summed E-state index contributed by atoms with van der Waals surface area (Å²) >= 11 is 0. The van der Waals surface area contributed by atoms with Crippen LogP contribution in [0.5, 0.6) is 0 Å². The number of hydrogen-bond donors (Lipinski definition) is 2. The average molecular weight is 283 g/mol. The monoisotopic (exact) mass is 283 g/mol. The highest BCUT2D eigenvalue weighted by Gasteiger charge is 2.37. The maximum atomic E-state index is 11.9. The van der Waals surface area contributed by atoms with Crippen molar-refractivity contribution in [3.8, 4) is 0 Å². The Bertz CT molecular complexity index is 517. The number of rotatable bonds is 5. The SMILES string of the molecule is CCCOC1C[C@H](n2cc(C)c(N)nc2=O)O[C@@H]1CO. The van der Waals surface area contributed by atoms with Crippen molar-refractivity contribution in [3.05, 3.63) is 22.2 Å². The van der Waals surface area contributed by atoms with E-state index in [9.17, 15) is 9.90 Å². The number of nitrogens with two attached hydrogens (primary N) is 1. The van der Waals surface area contributed by atoms with Crippen LogP contribution in [0.1, 0.15) is 31.6 Å². The van der Waals surface area contributed by atoms with Crippen molar-refractivity contribution in [1.82, 2.24) is 9.55 Å². The van der Waals surface area contributed by atoms with Crippen LogP contribution in [0.2, 0.25) is 0 Å². The highest BCUT2D eigenvalue weighted by Crippen LogP contribution is 2.30. The van der Waals surface area contributed by atoms with Gasteiger partial charge < -0.3 is 20.3 Å². The van der Waals surface area contributed by atoms with Gasteiger partial charge in [0, 0.05) is 24.8 Å². The zero-order valence-corrected chi connectivity index (χ0v) is 11.8. The van der Waals surface area contributed by atoms with Crippen LogP contribution >= 0.6 is 0 Å². The van der Waals surface area contributed by atoms with E-state index in [2.05, 4.69) is 4.98 Å². The van der Waals surface area contributed by atoms with Crippen LogP contribution in [0.15, 0.2) is 11.0 Å². The maximum Gasteiger partial charge on any atom is 0.351 e. The van der Waals surface area contributed by atoms with Gasteiger partial charge in [-0.2, -0.15) is 4.98 Å². The molecule has 112 valence electrons. The molecule has 3 N–H and O–H groups in total. The number of aliphatic hydroxyl groups is 1. The lowest BCUT2D eigenvalue weighted by atomic mass is 10.2. The summed E-state index contributed by atoms with van der Waals surface area (Å²) in [5, 5.41) is 9.34. The first-order chi connectivity index (χ1) is 9.56. The van der Waals surface area contributed by atoms with E-state index >= 15 is 0 Å². The van der Waals surface area contributed by atoms with E-state index in [0.717, 1.165) is 6.42 Å². The molecule has 20 heavy (non-hydrogen) atoms. The Balaban J connectivity index is 2.18. The Hall–Kier alpha value is -1.44. The predicted molar refractivity (Wildman–Crippen MR) is 73.3 cm³/mol. The van der Waals surface area contributed by atoms with Gasteiger partial charge in [-0.05, 0) is 13.3 Å². The van der Waals surface area contributed by atoms with Crippen molar-refractivity contribution in [1.29, 1.82) is 0 Å². The molecule has 7 heteroatoms. The number of aryl methyl sites for hydroxylation is 1. The van der Waals surface area contributed by atoms with Crippen LogP contribution < -0.4 is 11.4 Å². The summed E-state index contributed by atoms with van der Waals surface area (Å²) in [7, 11) is 0. The lowest BCUT2D eigenvalue weighted by Gasteiger charge is -2.16. The fraction of sp³-hybridized carbons (Fsp3) is 0.692. The lowest BCUT2D eigenvalue weighted by molar-refractivity contribution is -0.0620. The topological polar surface area (TPSA) is 99.6 Å². The van der Waals surface area contributed by atoms with E-state index in [4.69, 9.17) is 15.2 Å². The molecule has 1 saturated heterocycles. The van der Waals surface area contributed by atoms with Gasteiger partial charge in [0.2, 0.25) is 0 Å². The average Bonchev–Trinajstić information content (AvgIpc) is 2.83. The van der Waals surface area contributed by atoms with Crippen LogP contribution in [0.25, 0.3) is 0 Å². The minimum absolute atomic E-state index is 0.138. The molecule has 7 nitrogen and oxygen atoms in total. The second kappa shape index (κ2) is 6.34. The van der Waals surface area contributed by atoms with Crippen molar-refractivity contribution in [2.45, 2.75) is 45.1 Å². The number of nitrogens with zero attached hydrogens (tertiary/aromatic N) is 2. The van der Waals surface area contributed by atoms with Gasteiger partial charge in [-0.25, -0.2) is 4.79 Å². The maximum absolute atomic E-state index is 11.9. The highest BCUT2D eigenvalue weighted by atomic mass is 16.6. The Morgan fingerprint density at radius 1 is 1.65 bits per heavy atom. The summed E-state index contributed by atoms with van der Waals surface area (Å²) in [6, 6.07) is 0. The van der Waals surface area contributed by atoms with Crippen molar-refractivity contribution in [2.75, 3.05) is 18.9 Å². The number of anilines is 1. The molecule has 2 rings (SSSR count). The summed E-state index contributed by atoms with van der Waals surface area (Å²) in [6.07, 6.45) is 1.92. The van der Waals surface area contributed by atoms with Gasteiger partial charge in [0.15, 0.2) is 0 Å². The Kier molecular flexibility index (Phi) is 4.74. The Labute approximate surface area is 117 Å². The van der Waals surface area contributed by atoms with Crippen molar-refractivity contribution < 1.29 is 14.6 Å². The largest absolute Gasteiger partial charge is 0.394 e.